The lowest BCUT2D eigenvalue weighted by Gasteiger charge is -1.77. The third-order valence-electron chi connectivity index (χ3n) is 0. The van der Waals surface area contributed by atoms with Crippen LogP contribution >= 0.6 is 37.9 Å². The Hall–Kier alpha value is 1.05. The van der Waals surface area contributed by atoms with Crippen LogP contribution in [0.25, 0.3) is 0 Å². The molecule has 0 aromatic carbocycles. The molecule has 0 spiro atoms. The van der Waals surface area contributed by atoms with Crippen molar-refractivity contribution in [3.05, 3.63) is 0 Å². The molecule has 0 radical (unpaired) electrons. The average Bonchev–Trinajstić information content (AvgIpc) is 0.811. The van der Waals surface area contributed by atoms with Crippen molar-refractivity contribution in [1.82, 2.24) is 0 Å². The van der Waals surface area contributed by atoms with Gasteiger partial charge in [-0.05, 0) is 0 Å². The van der Waals surface area contributed by atoms with E-state index in [1.54, 1.807) is 0 Å². The summed E-state index contributed by atoms with van der Waals surface area (Å²) in [5.74, 6) is 0. The molecule has 0 aliphatic rings. The molecule has 0 saturated carbocycles. The lowest BCUT2D eigenvalue weighted by Crippen LogP contribution is -1.56. The molecule has 0 unspecified atom stereocenters. The smallest absolute Gasteiger partial charge is 0.0870 e. The van der Waals surface area contributed by atoms with Crippen LogP contribution in [-0.4, -0.2) is 3.91 Å². The Bertz CT molecular complexity index is 8.00. The fourth-order valence-corrected chi connectivity index (χ4v) is 0. The molecule has 0 atom stereocenters. The molecule has 0 aliphatic heterocycles. The predicted octanol–water partition coefficient (Wildman–Crippen LogP) is 1.06. The zero-order chi connectivity index (χ0) is 3.58. The second kappa shape index (κ2) is 2.30. The highest BCUT2D eigenvalue weighted by Gasteiger charge is 1.70. The zero-order valence-corrected chi connectivity index (χ0v) is 4.60. The molecule has 4 heavy (non-hydrogen) atoms. The van der Waals surface area contributed by atoms with Crippen LogP contribution in [0.15, 0.2) is 0 Å². The summed E-state index contributed by atoms with van der Waals surface area (Å²) in [7, 11) is 0. The molecule has 0 heterocycles. The predicted molar refractivity (Wildman–Crippen MR) is 30.7 cm³/mol. The quantitative estimate of drug-likeness (QED) is 0.303. The molecule has 0 bridgehead atoms. The van der Waals surface area contributed by atoms with Gasteiger partial charge in [-0.1, -0.05) is 0 Å². The summed E-state index contributed by atoms with van der Waals surface area (Å²) in [6, 6.07) is 0. The Morgan fingerprint density at radius 3 is 1.00 bits per heavy atom. The number of rotatable bonds is 0. The summed E-state index contributed by atoms with van der Waals surface area (Å²) in [4.78, 5) is 0. The molecule has 0 saturated heterocycles. The van der Waals surface area contributed by atoms with Crippen LogP contribution in [0, 0.1) is 0 Å². The molecule has 0 aromatic rings. The molecular formula is CH4S3. The van der Waals surface area contributed by atoms with Crippen molar-refractivity contribution in [1.29, 1.82) is 0 Å². The fraction of sp³-hybridized carbons (Fsp3) is 1.00. The SMILES string of the molecule is SC(S)S. The maximum absolute atomic E-state index is 3.69. The van der Waals surface area contributed by atoms with Crippen molar-refractivity contribution in [2.45, 2.75) is 3.91 Å². The first-order chi connectivity index (χ1) is 1.73. The highest BCUT2D eigenvalue weighted by atomic mass is 32.2. The van der Waals surface area contributed by atoms with Crippen molar-refractivity contribution in [3.63, 3.8) is 0 Å². The first-order valence-corrected chi connectivity index (χ1v) is 2.32. The van der Waals surface area contributed by atoms with E-state index >= 15 is 0 Å². The van der Waals surface area contributed by atoms with E-state index in [1.165, 1.54) is 0 Å². The van der Waals surface area contributed by atoms with Crippen LogP contribution in [-0.2, 0) is 0 Å². The van der Waals surface area contributed by atoms with Gasteiger partial charge in [0.15, 0.2) is 0 Å². The normalized spacial score (nSPS) is 9.00. The van der Waals surface area contributed by atoms with Crippen LogP contribution in [0.3, 0.4) is 0 Å². The molecular weight excluding hydrogens is 108 g/mol. The van der Waals surface area contributed by atoms with E-state index in [-0.39, 0.29) is 3.91 Å². The first kappa shape index (κ1) is 5.05. The Labute approximate surface area is 42.2 Å². The number of thiol groups is 3. The summed E-state index contributed by atoms with van der Waals surface area (Å²) < 4.78 is -0.0833. The minimum atomic E-state index is -0.0833. The van der Waals surface area contributed by atoms with Crippen molar-refractivity contribution in [2.24, 2.45) is 0 Å². The van der Waals surface area contributed by atoms with Crippen molar-refractivity contribution < 1.29 is 0 Å². The molecule has 0 N–H and O–H groups in total. The summed E-state index contributed by atoms with van der Waals surface area (Å²) in [6.07, 6.45) is 0. The van der Waals surface area contributed by atoms with Crippen LogP contribution in [0.4, 0.5) is 0 Å². The van der Waals surface area contributed by atoms with Gasteiger partial charge < -0.3 is 0 Å². The zero-order valence-electron chi connectivity index (χ0n) is 1.92. The Kier molecular flexibility index (Phi) is 2.90. The molecule has 0 fully saturated rings. The van der Waals surface area contributed by atoms with Gasteiger partial charge in [0.05, 0.1) is 3.91 Å². The Balaban J connectivity index is 2.32. The summed E-state index contributed by atoms with van der Waals surface area (Å²) >= 11 is 11.1. The Morgan fingerprint density at radius 1 is 1.00 bits per heavy atom. The standard InChI is InChI=1S/CH4S3/c2-1(3)4/h1-4H. The van der Waals surface area contributed by atoms with Crippen molar-refractivity contribution in [2.75, 3.05) is 0 Å². The summed E-state index contributed by atoms with van der Waals surface area (Å²) in [5, 5.41) is 0. The molecule has 3 heteroatoms. The van der Waals surface area contributed by atoms with Crippen LogP contribution in [0.1, 0.15) is 0 Å². The van der Waals surface area contributed by atoms with Gasteiger partial charge in [0.2, 0.25) is 0 Å². The van der Waals surface area contributed by atoms with E-state index in [0.717, 1.165) is 0 Å². The number of hydrogen-bond acceptors (Lipinski definition) is 3. The first-order valence-electron chi connectivity index (χ1n) is 0.775. The molecule has 0 nitrogen and oxygen atoms in total. The molecule has 0 amide bonds. The van der Waals surface area contributed by atoms with Gasteiger partial charge in [0.25, 0.3) is 0 Å². The fourth-order valence-electron chi connectivity index (χ4n) is 0. The lowest BCUT2D eigenvalue weighted by atomic mass is 11.9. The highest BCUT2D eigenvalue weighted by molar-refractivity contribution is 8.15. The van der Waals surface area contributed by atoms with Gasteiger partial charge in [-0.3, -0.25) is 0 Å². The summed E-state index contributed by atoms with van der Waals surface area (Å²) in [5.41, 5.74) is 0. The highest BCUT2D eigenvalue weighted by Crippen LogP contribution is 2.01. The van der Waals surface area contributed by atoms with Gasteiger partial charge in [-0.15, -0.1) is 0 Å². The molecule has 0 rings (SSSR count). The third kappa shape index (κ3) is 11.6. The van der Waals surface area contributed by atoms with E-state index < -0.39 is 0 Å². The van der Waals surface area contributed by atoms with Crippen LogP contribution in [0.2, 0.25) is 0 Å². The van der Waals surface area contributed by atoms with Crippen molar-refractivity contribution in [3.8, 4) is 0 Å². The van der Waals surface area contributed by atoms with E-state index in [4.69, 9.17) is 0 Å². The van der Waals surface area contributed by atoms with Gasteiger partial charge in [0, 0.05) is 0 Å². The molecule has 0 aliphatic carbocycles. The van der Waals surface area contributed by atoms with Gasteiger partial charge in [-0.25, -0.2) is 0 Å². The van der Waals surface area contributed by atoms with Gasteiger partial charge in [-0.2, -0.15) is 37.9 Å². The Morgan fingerprint density at radius 2 is 1.00 bits per heavy atom. The average molecular weight is 112 g/mol. The monoisotopic (exact) mass is 112 g/mol. The second-order valence-corrected chi connectivity index (χ2v) is 3.12. The lowest BCUT2D eigenvalue weighted by molar-refractivity contribution is 2.18. The second-order valence-electron chi connectivity index (χ2n) is 0.346. The topological polar surface area (TPSA) is 0 Å². The summed E-state index contributed by atoms with van der Waals surface area (Å²) in [6.45, 7) is 0. The number of hydrogen-bond donors (Lipinski definition) is 3. The van der Waals surface area contributed by atoms with E-state index in [9.17, 15) is 0 Å². The maximum atomic E-state index is 3.69. The third-order valence-corrected chi connectivity index (χ3v) is 0. The van der Waals surface area contributed by atoms with Crippen LogP contribution in [0.5, 0.6) is 0 Å². The van der Waals surface area contributed by atoms with Crippen molar-refractivity contribution >= 4 is 37.9 Å². The van der Waals surface area contributed by atoms with Gasteiger partial charge >= 0.3 is 0 Å². The minimum absolute atomic E-state index is 0.0833. The van der Waals surface area contributed by atoms with Crippen LogP contribution < -0.4 is 0 Å². The maximum Gasteiger partial charge on any atom is 0.0870 e. The largest absolute Gasteiger partial charge is 0.155 e. The van der Waals surface area contributed by atoms with Gasteiger partial charge in [0.1, 0.15) is 0 Å². The molecule has 26 valence electrons. The van der Waals surface area contributed by atoms with E-state index in [0.29, 0.717) is 0 Å². The molecule has 0 aromatic heterocycles. The van der Waals surface area contributed by atoms with E-state index in [1.807, 2.05) is 0 Å². The van der Waals surface area contributed by atoms with E-state index in [2.05, 4.69) is 37.9 Å². The minimum Gasteiger partial charge on any atom is -0.155 e.